The maximum atomic E-state index is 10.6. The van der Waals surface area contributed by atoms with Crippen molar-refractivity contribution >= 4 is 5.97 Å². The molecule has 0 fully saturated rings. The van der Waals surface area contributed by atoms with Crippen LogP contribution in [0.5, 0.6) is 5.75 Å². The zero-order valence-electron chi connectivity index (χ0n) is 9.56. The summed E-state index contributed by atoms with van der Waals surface area (Å²) in [5, 5.41) is 11.8. The molecule has 0 radical (unpaired) electrons. The van der Waals surface area contributed by atoms with Crippen LogP contribution in [-0.2, 0) is 11.3 Å². The van der Waals surface area contributed by atoms with E-state index in [1.54, 1.807) is 14.0 Å². The molecule has 1 unspecified atom stereocenters. The minimum atomic E-state index is -0.776. The third kappa shape index (κ3) is 3.90. The quantitative estimate of drug-likeness (QED) is 0.767. The highest BCUT2D eigenvalue weighted by molar-refractivity contribution is 5.69. The molecule has 1 aromatic carbocycles. The first-order chi connectivity index (χ1) is 7.63. The standard InChI is InChI=1S/C12H17NO3/c1-9(12(14)15)7-13-8-10-3-5-11(16-2)6-4-10/h3-6,9,13H,7-8H2,1-2H3,(H,14,15). The highest BCUT2D eigenvalue weighted by Crippen LogP contribution is 2.10. The Morgan fingerprint density at radius 1 is 1.44 bits per heavy atom. The highest BCUT2D eigenvalue weighted by Gasteiger charge is 2.09. The van der Waals surface area contributed by atoms with Crippen LogP contribution in [0.3, 0.4) is 0 Å². The summed E-state index contributed by atoms with van der Waals surface area (Å²) in [6.45, 7) is 2.83. The predicted octanol–water partition coefficient (Wildman–Crippen LogP) is 1.51. The van der Waals surface area contributed by atoms with Gasteiger partial charge in [-0.2, -0.15) is 0 Å². The van der Waals surface area contributed by atoms with Gasteiger partial charge in [-0.25, -0.2) is 0 Å². The molecule has 0 bridgehead atoms. The molecule has 2 N–H and O–H groups in total. The summed E-state index contributed by atoms with van der Waals surface area (Å²) in [4.78, 5) is 10.6. The van der Waals surface area contributed by atoms with Crippen molar-refractivity contribution in [3.8, 4) is 5.75 Å². The Morgan fingerprint density at radius 2 is 2.06 bits per heavy atom. The number of methoxy groups -OCH3 is 1. The zero-order valence-corrected chi connectivity index (χ0v) is 9.56. The molecule has 0 aliphatic rings. The molecule has 4 heteroatoms. The van der Waals surface area contributed by atoms with Crippen LogP contribution < -0.4 is 10.1 Å². The molecule has 0 heterocycles. The summed E-state index contributed by atoms with van der Waals surface area (Å²) in [7, 11) is 1.63. The van der Waals surface area contributed by atoms with Crippen LogP contribution in [0, 0.1) is 5.92 Å². The molecule has 0 spiro atoms. The van der Waals surface area contributed by atoms with Crippen molar-refractivity contribution in [2.24, 2.45) is 5.92 Å². The molecular formula is C12H17NO3. The molecule has 0 saturated heterocycles. The number of carboxylic acid groups (broad SMARTS) is 1. The Balaban J connectivity index is 2.34. The number of nitrogens with one attached hydrogen (secondary N) is 1. The van der Waals surface area contributed by atoms with E-state index in [1.165, 1.54) is 0 Å². The van der Waals surface area contributed by atoms with E-state index in [2.05, 4.69) is 5.32 Å². The van der Waals surface area contributed by atoms with Crippen molar-refractivity contribution in [3.05, 3.63) is 29.8 Å². The van der Waals surface area contributed by atoms with E-state index in [9.17, 15) is 4.79 Å². The van der Waals surface area contributed by atoms with Gasteiger partial charge in [0.15, 0.2) is 0 Å². The van der Waals surface area contributed by atoms with Crippen molar-refractivity contribution in [2.75, 3.05) is 13.7 Å². The normalized spacial score (nSPS) is 12.1. The van der Waals surface area contributed by atoms with Crippen LogP contribution in [0.15, 0.2) is 24.3 Å². The topological polar surface area (TPSA) is 58.6 Å². The van der Waals surface area contributed by atoms with Crippen LogP contribution in [0.25, 0.3) is 0 Å². The average molecular weight is 223 g/mol. The van der Waals surface area contributed by atoms with E-state index in [4.69, 9.17) is 9.84 Å². The number of benzene rings is 1. The van der Waals surface area contributed by atoms with Gasteiger partial charge in [-0.3, -0.25) is 4.79 Å². The molecular weight excluding hydrogens is 206 g/mol. The molecule has 1 aromatic rings. The van der Waals surface area contributed by atoms with Gasteiger partial charge >= 0.3 is 5.97 Å². The van der Waals surface area contributed by atoms with E-state index in [-0.39, 0.29) is 5.92 Å². The second-order valence-corrected chi connectivity index (χ2v) is 3.72. The van der Waals surface area contributed by atoms with Gasteiger partial charge in [0.1, 0.15) is 5.75 Å². The van der Waals surface area contributed by atoms with Crippen molar-refractivity contribution in [1.82, 2.24) is 5.32 Å². The number of hydrogen-bond acceptors (Lipinski definition) is 3. The maximum absolute atomic E-state index is 10.6. The van der Waals surface area contributed by atoms with Crippen molar-refractivity contribution in [1.29, 1.82) is 0 Å². The number of aliphatic carboxylic acids is 1. The minimum Gasteiger partial charge on any atom is -0.497 e. The third-order valence-corrected chi connectivity index (χ3v) is 2.36. The van der Waals surface area contributed by atoms with Gasteiger partial charge in [0.25, 0.3) is 0 Å². The lowest BCUT2D eigenvalue weighted by molar-refractivity contribution is -0.140. The van der Waals surface area contributed by atoms with Crippen LogP contribution in [0.1, 0.15) is 12.5 Å². The van der Waals surface area contributed by atoms with Crippen LogP contribution in [0.4, 0.5) is 0 Å². The predicted molar refractivity (Wildman–Crippen MR) is 61.5 cm³/mol. The molecule has 1 rings (SSSR count). The summed E-state index contributed by atoms with van der Waals surface area (Å²) in [6.07, 6.45) is 0. The van der Waals surface area contributed by atoms with Gasteiger partial charge in [-0.05, 0) is 17.7 Å². The lowest BCUT2D eigenvalue weighted by Gasteiger charge is -2.08. The summed E-state index contributed by atoms with van der Waals surface area (Å²) < 4.78 is 5.05. The Bertz CT molecular complexity index is 335. The van der Waals surface area contributed by atoms with Crippen molar-refractivity contribution < 1.29 is 14.6 Å². The summed E-state index contributed by atoms with van der Waals surface area (Å²) >= 11 is 0. The van der Waals surface area contributed by atoms with Crippen LogP contribution in [0.2, 0.25) is 0 Å². The fourth-order valence-corrected chi connectivity index (χ4v) is 1.26. The Hall–Kier alpha value is -1.55. The van der Waals surface area contributed by atoms with E-state index in [0.717, 1.165) is 11.3 Å². The first-order valence-electron chi connectivity index (χ1n) is 5.20. The lowest BCUT2D eigenvalue weighted by Crippen LogP contribution is -2.25. The van der Waals surface area contributed by atoms with Gasteiger partial charge in [0.2, 0.25) is 0 Å². The second-order valence-electron chi connectivity index (χ2n) is 3.72. The first kappa shape index (κ1) is 12.5. The number of ether oxygens (including phenoxy) is 1. The maximum Gasteiger partial charge on any atom is 0.307 e. The Kier molecular flexibility index (Phi) is 4.79. The fraction of sp³-hybridized carbons (Fsp3) is 0.417. The van der Waals surface area contributed by atoms with E-state index < -0.39 is 5.97 Å². The second kappa shape index (κ2) is 6.12. The highest BCUT2D eigenvalue weighted by atomic mass is 16.5. The summed E-state index contributed by atoms with van der Waals surface area (Å²) in [5.41, 5.74) is 1.11. The lowest BCUT2D eigenvalue weighted by atomic mass is 10.1. The Morgan fingerprint density at radius 3 is 2.56 bits per heavy atom. The molecule has 0 aliphatic heterocycles. The monoisotopic (exact) mass is 223 g/mol. The molecule has 0 saturated carbocycles. The largest absolute Gasteiger partial charge is 0.497 e. The fourth-order valence-electron chi connectivity index (χ4n) is 1.26. The molecule has 0 amide bonds. The van der Waals surface area contributed by atoms with Gasteiger partial charge < -0.3 is 15.2 Å². The van der Waals surface area contributed by atoms with Gasteiger partial charge in [0.05, 0.1) is 13.0 Å². The molecule has 0 aromatic heterocycles. The van der Waals surface area contributed by atoms with Crippen LogP contribution in [-0.4, -0.2) is 24.7 Å². The van der Waals surface area contributed by atoms with Crippen molar-refractivity contribution in [2.45, 2.75) is 13.5 Å². The number of carbonyl (C=O) groups is 1. The number of hydrogen-bond donors (Lipinski definition) is 2. The molecule has 88 valence electrons. The van der Waals surface area contributed by atoms with Gasteiger partial charge in [-0.15, -0.1) is 0 Å². The molecule has 1 atom stereocenters. The smallest absolute Gasteiger partial charge is 0.307 e. The van der Waals surface area contributed by atoms with Gasteiger partial charge in [-0.1, -0.05) is 19.1 Å². The van der Waals surface area contributed by atoms with E-state index in [0.29, 0.717) is 13.1 Å². The van der Waals surface area contributed by atoms with Crippen molar-refractivity contribution in [3.63, 3.8) is 0 Å². The SMILES string of the molecule is COc1ccc(CNCC(C)C(=O)O)cc1. The molecule has 4 nitrogen and oxygen atoms in total. The summed E-state index contributed by atoms with van der Waals surface area (Å²) in [5.74, 6) is -0.317. The number of rotatable bonds is 6. The summed E-state index contributed by atoms with van der Waals surface area (Å²) in [6, 6.07) is 7.68. The van der Waals surface area contributed by atoms with E-state index in [1.807, 2.05) is 24.3 Å². The number of carboxylic acids is 1. The minimum absolute atomic E-state index is 0.363. The van der Waals surface area contributed by atoms with Gasteiger partial charge in [0, 0.05) is 13.1 Å². The first-order valence-corrected chi connectivity index (χ1v) is 5.20. The molecule has 0 aliphatic carbocycles. The third-order valence-electron chi connectivity index (χ3n) is 2.36. The van der Waals surface area contributed by atoms with Crippen LogP contribution >= 0.6 is 0 Å². The molecule has 16 heavy (non-hydrogen) atoms. The average Bonchev–Trinajstić information content (AvgIpc) is 2.29. The zero-order chi connectivity index (χ0) is 12.0. The Labute approximate surface area is 95.2 Å². The van der Waals surface area contributed by atoms with E-state index >= 15 is 0 Å².